The predicted molar refractivity (Wildman–Crippen MR) is 214 cm³/mol. The number of nitrogens with zero attached hydrogens (tertiary/aromatic N) is 4. The summed E-state index contributed by atoms with van der Waals surface area (Å²) >= 11 is 0. The molecule has 0 spiro atoms. The predicted octanol–water partition coefficient (Wildman–Crippen LogP) is 6.24. The van der Waals surface area contributed by atoms with E-state index in [4.69, 9.17) is 24.1 Å². The highest BCUT2D eigenvalue weighted by atomic mass is 16.5. The number of aromatic nitrogens is 4. The Labute approximate surface area is 329 Å². The molecule has 0 aliphatic carbocycles. The van der Waals surface area contributed by atoms with Crippen molar-refractivity contribution in [2.45, 2.75) is 69.9 Å². The summed E-state index contributed by atoms with van der Waals surface area (Å²) in [6.07, 6.45) is 9.85. The SMILES string of the molecule is CC(NC(=O)c1cccc(NC2(c3nnc(-c4ccncc4)[nH]3)CCN(C)CC2)c1)c1ccc(OCCCCCCOCCOCCOCCCC(=O)O)cc1. The minimum Gasteiger partial charge on any atom is -0.494 e. The van der Waals surface area contributed by atoms with Crippen LogP contribution >= 0.6 is 0 Å². The molecule has 1 saturated heterocycles. The second-order valence-corrected chi connectivity index (χ2v) is 14.2. The van der Waals surface area contributed by atoms with Crippen LogP contribution in [0.3, 0.4) is 0 Å². The molecule has 1 aliphatic heterocycles. The number of carboxylic acids is 1. The maximum absolute atomic E-state index is 13.4. The van der Waals surface area contributed by atoms with Gasteiger partial charge in [0.05, 0.1) is 44.6 Å². The lowest BCUT2D eigenvalue weighted by Gasteiger charge is -2.40. The Balaban J connectivity index is 0.986. The summed E-state index contributed by atoms with van der Waals surface area (Å²) in [5.74, 6) is 1.33. The number of ether oxygens (including phenoxy) is 4. The van der Waals surface area contributed by atoms with E-state index in [2.05, 4.69) is 42.7 Å². The molecule has 1 amide bonds. The van der Waals surface area contributed by atoms with Gasteiger partial charge < -0.3 is 44.6 Å². The van der Waals surface area contributed by atoms with Gasteiger partial charge in [0.25, 0.3) is 5.91 Å². The Bertz CT molecular complexity index is 1750. The number of aliphatic carboxylic acids is 1. The Morgan fingerprint density at radius 2 is 1.50 bits per heavy atom. The van der Waals surface area contributed by atoms with E-state index in [1.165, 1.54) is 0 Å². The third-order valence-electron chi connectivity index (χ3n) is 9.85. The molecular weight excluding hydrogens is 715 g/mol. The molecule has 1 atom stereocenters. The zero-order chi connectivity index (χ0) is 39.4. The number of amides is 1. The van der Waals surface area contributed by atoms with Crippen molar-refractivity contribution in [3.8, 4) is 17.1 Å². The smallest absolute Gasteiger partial charge is 0.303 e. The summed E-state index contributed by atoms with van der Waals surface area (Å²) < 4.78 is 22.4. The van der Waals surface area contributed by atoms with Crippen molar-refractivity contribution < 1.29 is 33.6 Å². The molecule has 0 saturated carbocycles. The van der Waals surface area contributed by atoms with E-state index in [9.17, 15) is 9.59 Å². The Kier molecular flexibility index (Phi) is 17.1. The van der Waals surface area contributed by atoms with Crippen LogP contribution in [0.25, 0.3) is 11.4 Å². The number of H-pyrrole nitrogens is 1. The van der Waals surface area contributed by atoms with Crippen molar-refractivity contribution in [1.29, 1.82) is 0 Å². The third-order valence-corrected chi connectivity index (χ3v) is 9.85. The highest BCUT2D eigenvalue weighted by Gasteiger charge is 2.39. The fraction of sp³-hybridized carbons (Fsp3) is 0.500. The van der Waals surface area contributed by atoms with E-state index in [-0.39, 0.29) is 18.4 Å². The van der Waals surface area contributed by atoms with Crippen molar-refractivity contribution in [1.82, 2.24) is 30.4 Å². The van der Waals surface area contributed by atoms with Crippen molar-refractivity contribution in [2.75, 3.05) is 71.7 Å². The molecule has 56 heavy (non-hydrogen) atoms. The summed E-state index contributed by atoms with van der Waals surface area (Å²) in [6.45, 7) is 7.55. The molecule has 1 unspecified atom stereocenters. The zero-order valence-corrected chi connectivity index (χ0v) is 32.7. The standard InChI is InChI=1S/C42H57N7O7/c1-32(33-12-14-37(15-13-33)56-26-6-4-3-5-24-53-27-29-55-30-28-54-25-8-11-38(50)51)44-40(52)35-9-7-10-36(31-35)46-42(18-22-49(2)23-19-42)41-45-39(47-48-41)34-16-20-43-21-17-34/h7,9-10,12-17,20-21,31-32,46H,3-6,8,11,18-19,22-30H2,1-2H3,(H,44,52)(H,50,51)(H,45,47,48). The van der Waals surface area contributed by atoms with Gasteiger partial charge in [-0.15, -0.1) is 10.2 Å². The second-order valence-electron chi connectivity index (χ2n) is 14.2. The van der Waals surface area contributed by atoms with Crippen LogP contribution in [0.4, 0.5) is 5.69 Å². The lowest BCUT2D eigenvalue weighted by atomic mass is 9.86. The molecule has 4 aromatic rings. The van der Waals surface area contributed by atoms with Crippen LogP contribution in [0.5, 0.6) is 5.75 Å². The summed E-state index contributed by atoms with van der Waals surface area (Å²) in [6, 6.07) is 19.2. The van der Waals surface area contributed by atoms with Gasteiger partial charge in [0.15, 0.2) is 11.6 Å². The molecule has 2 aromatic heterocycles. The Hall–Kier alpha value is -4.89. The van der Waals surface area contributed by atoms with Gasteiger partial charge in [-0.2, -0.15) is 0 Å². The van der Waals surface area contributed by atoms with E-state index in [1.807, 2.05) is 67.6 Å². The molecule has 14 nitrogen and oxygen atoms in total. The number of hydrogen-bond donors (Lipinski definition) is 4. The highest BCUT2D eigenvalue weighted by molar-refractivity contribution is 5.95. The van der Waals surface area contributed by atoms with Gasteiger partial charge in [0.1, 0.15) is 5.75 Å². The number of carbonyl (C=O) groups is 2. The number of benzene rings is 2. The number of likely N-dealkylation sites (tertiary alicyclic amines) is 1. The molecule has 2 aromatic carbocycles. The Morgan fingerprint density at radius 3 is 2.20 bits per heavy atom. The van der Waals surface area contributed by atoms with Crippen LogP contribution in [-0.2, 0) is 24.5 Å². The number of piperidine rings is 1. The van der Waals surface area contributed by atoms with E-state index >= 15 is 0 Å². The van der Waals surface area contributed by atoms with Crippen molar-refractivity contribution in [3.05, 3.63) is 90.0 Å². The first kappa shape index (κ1) is 42.3. The number of anilines is 1. The van der Waals surface area contributed by atoms with Gasteiger partial charge in [-0.25, -0.2) is 0 Å². The average molecular weight is 772 g/mol. The van der Waals surface area contributed by atoms with Gasteiger partial charge >= 0.3 is 5.97 Å². The van der Waals surface area contributed by atoms with Crippen molar-refractivity contribution in [2.24, 2.45) is 0 Å². The molecule has 14 heteroatoms. The number of carboxylic acid groups (broad SMARTS) is 1. The van der Waals surface area contributed by atoms with Crippen molar-refractivity contribution in [3.63, 3.8) is 0 Å². The summed E-state index contributed by atoms with van der Waals surface area (Å²) in [7, 11) is 2.12. The van der Waals surface area contributed by atoms with Crippen LogP contribution in [0, 0.1) is 0 Å². The number of hydrogen-bond acceptors (Lipinski definition) is 11. The second kappa shape index (κ2) is 22.6. The van der Waals surface area contributed by atoms with E-state index in [1.54, 1.807) is 12.4 Å². The minimum absolute atomic E-state index is 0.124. The van der Waals surface area contributed by atoms with Gasteiger partial charge in [-0.1, -0.05) is 24.6 Å². The zero-order valence-electron chi connectivity index (χ0n) is 32.7. The molecule has 3 heterocycles. The first-order chi connectivity index (χ1) is 27.3. The summed E-state index contributed by atoms with van der Waals surface area (Å²) in [5, 5.41) is 24.5. The number of nitrogens with one attached hydrogen (secondary N) is 3. The van der Waals surface area contributed by atoms with Crippen LogP contribution in [0.15, 0.2) is 73.1 Å². The Morgan fingerprint density at radius 1 is 0.839 bits per heavy atom. The van der Waals surface area contributed by atoms with Crippen LogP contribution in [0.2, 0.25) is 0 Å². The molecular formula is C42H57N7O7. The van der Waals surface area contributed by atoms with Crippen LogP contribution in [-0.4, -0.2) is 108 Å². The minimum atomic E-state index is -0.805. The fourth-order valence-electron chi connectivity index (χ4n) is 6.49. The highest BCUT2D eigenvalue weighted by Crippen LogP contribution is 2.35. The first-order valence-corrected chi connectivity index (χ1v) is 19.7. The quantitative estimate of drug-likeness (QED) is 0.0560. The van der Waals surface area contributed by atoms with E-state index in [0.29, 0.717) is 64.1 Å². The van der Waals surface area contributed by atoms with Gasteiger partial charge in [-0.3, -0.25) is 14.6 Å². The topological polar surface area (TPSA) is 173 Å². The number of aromatic amines is 1. The summed E-state index contributed by atoms with van der Waals surface area (Å²) in [5.41, 5.74) is 2.88. The third kappa shape index (κ3) is 13.7. The van der Waals surface area contributed by atoms with Crippen LogP contribution in [0.1, 0.15) is 86.1 Å². The van der Waals surface area contributed by atoms with E-state index in [0.717, 1.165) is 80.0 Å². The monoisotopic (exact) mass is 771 g/mol. The maximum Gasteiger partial charge on any atom is 0.303 e. The fourth-order valence-corrected chi connectivity index (χ4v) is 6.49. The first-order valence-electron chi connectivity index (χ1n) is 19.7. The molecule has 1 aliphatic rings. The van der Waals surface area contributed by atoms with Gasteiger partial charge in [-0.05, 0) is 101 Å². The van der Waals surface area contributed by atoms with Crippen LogP contribution < -0.4 is 15.4 Å². The number of unbranched alkanes of at least 4 members (excludes halogenated alkanes) is 3. The number of carbonyl (C=O) groups excluding carboxylic acids is 1. The molecule has 5 rings (SSSR count). The lowest BCUT2D eigenvalue weighted by molar-refractivity contribution is -0.137. The number of rotatable bonds is 25. The maximum atomic E-state index is 13.4. The van der Waals surface area contributed by atoms with E-state index < -0.39 is 11.5 Å². The number of pyridine rings is 1. The molecule has 4 N–H and O–H groups in total. The molecule has 0 radical (unpaired) electrons. The lowest BCUT2D eigenvalue weighted by Crippen LogP contribution is -2.46. The normalized spacial score (nSPS) is 14.6. The van der Waals surface area contributed by atoms with Gasteiger partial charge in [0.2, 0.25) is 0 Å². The van der Waals surface area contributed by atoms with Crippen molar-refractivity contribution >= 4 is 17.6 Å². The largest absolute Gasteiger partial charge is 0.494 e. The summed E-state index contributed by atoms with van der Waals surface area (Å²) in [4.78, 5) is 33.8. The molecule has 302 valence electrons. The molecule has 1 fully saturated rings. The molecule has 0 bridgehead atoms. The van der Waals surface area contributed by atoms with Gasteiger partial charge in [0, 0.05) is 61.9 Å². The average Bonchev–Trinajstić information content (AvgIpc) is 3.72.